The van der Waals surface area contributed by atoms with Gasteiger partial charge in [-0.3, -0.25) is 4.79 Å². The number of rotatable bonds is 3. The van der Waals surface area contributed by atoms with Crippen molar-refractivity contribution in [3.63, 3.8) is 0 Å². The third kappa shape index (κ3) is 2.75. The van der Waals surface area contributed by atoms with Crippen molar-refractivity contribution in [3.05, 3.63) is 83.7 Å². The van der Waals surface area contributed by atoms with E-state index in [-0.39, 0.29) is 5.91 Å². The van der Waals surface area contributed by atoms with Gasteiger partial charge in [0.2, 0.25) is 0 Å². The molecule has 0 saturated carbocycles. The number of fused-ring (bicyclic) bond motifs is 1. The van der Waals surface area contributed by atoms with Gasteiger partial charge in [0.15, 0.2) is 6.04 Å². The Morgan fingerprint density at radius 3 is 2.54 bits per heavy atom. The number of aromatic nitrogens is 2. The van der Waals surface area contributed by atoms with Gasteiger partial charge in [-0.2, -0.15) is 5.10 Å². The van der Waals surface area contributed by atoms with E-state index in [0.29, 0.717) is 24.1 Å². The van der Waals surface area contributed by atoms with E-state index in [1.807, 2.05) is 42.5 Å². The number of hydrogen-bond donors (Lipinski definition) is 1. The normalized spacial score (nSPS) is 16.2. The fraction of sp³-hybridized carbons (Fsp3) is 0.150. The molecule has 1 atom stereocenters. The molecule has 26 heavy (non-hydrogen) atoms. The Balaban J connectivity index is 1.66. The average molecular weight is 347 g/mol. The lowest BCUT2D eigenvalue weighted by Gasteiger charge is -2.34. The van der Waals surface area contributed by atoms with Crippen molar-refractivity contribution in [1.29, 1.82) is 0 Å². The highest BCUT2D eigenvalue weighted by atomic mass is 16.4. The first-order valence-electron chi connectivity index (χ1n) is 8.37. The van der Waals surface area contributed by atoms with Gasteiger partial charge < -0.3 is 10.0 Å². The van der Waals surface area contributed by atoms with Gasteiger partial charge >= 0.3 is 5.97 Å². The lowest BCUT2D eigenvalue weighted by molar-refractivity contribution is -0.143. The van der Waals surface area contributed by atoms with Crippen molar-refractivity contribution >= 4 is 11.9 Å². The molecule has 6 heteroatoms. The summed E-state index contributed by atoms with van der Waals surface area (Å²) in [4.78, 5) is 26.3. The molecule has 3 aromatic rings. The minimum Gasteiger partial charge on any atom is -0.479 e. The highest BCUT2D eigenvalue weighted by molar-refractivity contribution is 5.97. The van der Waals surface area contributed by atoms with Gasteiger partial charge in [-0.25, -0.2) is 9.48 Å². The van der Waals surface area contributed by atoms with Crippen LogP contribution in [-0.4, -0.2) is 38.2 Å². The van der Waals surface area contributed by atoms with Crippen molar-refractivity contribution in [2.24, 2.45) is 0 Å². The van der Waals surface area contributed by atoms with Gasteiger partial charge in [-0.15, -0.1) is 0 Å². The maximum absolute atomic E-state index is 13.0. The number of carboxylic acids is 1. The van der Waals surface area contributed by atoms with Gasteiger partial charge in [-0.1, -0.05) is 42.5 Å². The number of hydrogen-bond acceptors (Lipinski definition) is 3. The molecule has 0 fully saturated rings. The van der Waals surface area contributed by atoms with Crippen molar-refractivity contribution < 1.29 is 14.7 Å². The van der Waals surface area contributed by atoms with Crippen LogP contribution in [-0.2, 0) is 11.2 Å². The number of carboxylic acid groups (broad SMARTS) is 1. The summed E-state index contributed by atoms with van der Waals surface area (Å²) in [6, 6.07) is 15.9. The summed E-state index contributed by atoms with van der Waals surface area (Å²) < 4.78 is 1.61. The molecule has 0 spiro atoms. The quantitative estimate of drug-likeness (QED) is 0.790. The van der Waals surface area contributed by atoms with Crippen LogP contribution in [0.2, 0.25) is 0 Å². The molecule has 130 valence electrons. The largest absolute Gasteiger partial charge is 0.479 e. The molecule has 4 rings (SSSR count). The molecular formula is C20H17N3O3. The van der Waals surface area contributed by atoms with Crippen molar-refractivity contribution in [1.82, 2.24) is 14.7 Å². The number of carbonyl (C=O) groups excluding carboxylic acids is 1. The van der Waals surface area contributed by atoms with Crippen molar-refractivity contribution in [3.8, 4) is 5.69 Å². The van der Waals surface area contributed by atoms with Gasteiger partial charge in [-0.05, 0) is 29.7 Å². The first-order chi connectivity index (χ1) is 12.6. The number of amides is 1. The van der Waals surface area contributed by atoms with E-state index >= 15 is 0 Å². The van der Waals surface area contributed by atoms with E-state index in [2.05, 4.69) is 5.10 Å². The second-order valence-corrected chi connectivity index (χ2v) is 6.20. The summed E-state index contributed by atoms with van der Waals surface area (Å²) in [6.45, 7) is 0.364. The van der Waals surface area contributed by atoms with E-state index in [0.717, 1.165) is 11.3 Å². The Kier molecular flexibility index (Phi) is 4.01. The highest BCUT2D eigenvalue weighted by Crippen LogP contribution is 2.31. The van der Waals surface area contributed by atoms with Crippen LogP contribution >= 0.6 is 0 Å². The SMILES string of the molecule is O=C(O)C1c2ccccc2CCN1C(=O)c1cnn(-c2ccccc2)c1. The first-order valence-corrected chi connectivity index (χ1v) is 8.37. The number of para-hydroxylation sites is 1. The fourth-order valence-corrected chi connectivity index (χ4v) is 3.37. The van der Waals surface area contributed by atoms with Gasteiger partial charge in [0.05, 0.1) is 17.4 Å². The molecule has 1 aromatic heterocycles. The van der Waals surface area contributed by atoms with Crippen molar-refractivity contribution in [2.75, 3.05) is 6.54 Å². The highest BCUT2D eigenvalue weighted by Gasteiger charge is 2.36. The van der Waals surface area contributed by atoms with E-state index in [4.69, 9.17) is 0 Å². The zero-order valence-corrected chi connectivity index (χ0v) is 13.9. The van der Waals surface area contributed by atoms with Crippen molar-refractivity contribution in [2.45, 2.75) is 12.5 Å². The minimum atomic E-state index is -1.03. The topological polar surface area (TPSA) is 75.4 Å². The minimum absolute atomic E-state index is 0.325. The predicted octanol–water partition coefficient (Wildman–Crippen LogP) is 2.70. The van der Waals surface area contributed by atoms with Gasteiger partial charge in [0, 0.05) is 12.7 Å². The Morgan fingerprint density at radius 2 is 1.77 bits per heavy atom. The lowest BCUT2D eigenvalue weighted by atomic mass is 9.92. The smallest absolute Gasteiger partial charge is 0.331 e. The van der Waals surface area contributed by atoms with E-state index in [1.165, 1.54) is 11.1 Å². The fourth-order valence-electron chi connectivity index (χ4n) is 3.37. The predicted molar refractivity (Wildman–Crippen MR) is 95.1 cm³/mol. The molecular weight excluding hydrogens is 330 g/mol. The molecule has 0 aliphatic carbocycles. The van der Waals surface area contributed by atoms with Crippen LogP contribution in [0.1, 0.15) is 27.5 Å². The molecule has 2 heterocycles. The first kappa shape index (κ1) is 16.1. The average Bonchev–Trinajstić information content (AvgIpc) is 3.17. The number of benzene rings is 2. The van der Waals surface area contributed by atoms with Crippen LogP contribution in [0.25, 0.3) is 5.69 Å². The maximum atomic E-state index is 13.0. The molecule has 1 amide bonds. The molecule has 0 saturated heterocycles. The number of aliphatic carboxylic acids is 1. The summed E-state index contributed by atoms with van der Waals surface area (Å²) >= 11 is 0. The van der Waals surface area contributed by atoms with Crippen LogP contribution in [0, 0.1) is 0 Å². The standard InChI is InChI=1S/C20H17N3O3/c24-19(15-12-21-23(13-15)16-7-2-1-3-8-16)22-11-10-14-6-4-5-9-17(14)18(22)20(25)26/h1-9,12-13,18H,10-11H2,(H,25,26). The lowest BCUT2D eigenvalue weighted by Crippen LogP contribution is -2.43. The zero-order valence-electron chi connectivity index (χ0n) is 13.9. The third-order valence-corrected chi connectivity index (χ3v) is 4.63. The second kappa shape index (κ2) is 6.48. The van der Waals surface area contributed by atoms with Gasteiger partial charge in [0.1, 0.15) is 0 Å². The Morgan fingerprint density at radius 1 is 1.04 bits per heavy atom. The monoisotopic (exact) mass is 347 g/mol. The Bertz CT molecular complexity index is 965. The molecule has 1 unspecified atom stereocenters. The van der Waals surface area contributed by atoms with Crippen LogP contribution < -0.4 is 0 Å². The van der Waals surface area contributed by atoms with Crippen LogP contribution in [0.15, 0.2) is 67.0 Å². The summed E-state index contributed by atoms with van der Waals surface area (Å²) in [5.74, 6) is -1.35. The van der Waals surface area contributed by atoms with E-state index in [9.17, 15) is 14.7 Å². The summed E-state index contributed by atoms with van der Waals surface area (Å²) in [5.41, 5.74) is 2.86. The van der Waals surface area contributed by atoms with Crippen LogP contribution in [0.3, 0.4) is 0 Å². The molecule has 0 bridgehead atoms. The Labute approximate surface area is 150 Å². The molecule has 2 aromatic carbocycles. The van der Waals surface area contributed by atoms with Crippen LogP contribution in [0.5, 0.6) is 0 Å². The summed E-state index contributed by atoms with van der Waals surface area (Å²) in [6.07, 6.45) is 3.75. The zero-order chi connectivity index (χ0) is 18.1. The Hall–Kier alpha value is -3.41. The summed E-state index contributed by atoms with van der Waals surface area (Å²) in [5, 5.41) is 14.0. The molecule has 0 radical (unpaired) electrons. The van der Waals surface area contributed by atoms with Gasteiger partial charge in [0.25, 0.3) is 5.91 Å². The third-order valence-electron chi connectivity index (χ3n) is 4.63. The molecule has 6 nitrogen and oxygen atoms in total. The van der Waals surface area contributed by atoms with Crippen LogP contribution in [0.4, 0.5) is 0 Å². The van der Waals surface area contributed by atoms with E-state index in [1.54, 1.807) is 23.0 Å². The number of carbonyl (C=O) groups is 2. The molecule has 1 aliphatic rings. The summed E-state index contributed by atoms with van der Waals surface area (Å²) in [7, 11) is 0. The number of nitrogens with zero attached hydrogens (tertiary/aromatic N) is 3. The second-order valence-electron chi connectivity index (χ2n) is 6.20. The molecule has 1 N–H and O–H groups in total. The molecule has 1 aliphatic heterocycles. The maximum Gasteiger partial charge on any atom is 0.331 e. The van der Waals surface area contributed by atoms with E-state index < -0.39 is 12.0 Å².